The van der Waals surface area contributed by atoms with Crippen LogP contribution in [0.3, 0.4) is 0 Å². The van der Waals surface area contributed by atoms with Gasteiger partial charge in [0.1, 0.15) is 5.75 Å². The molecule has 0 radical (unpaired) electrons. The van der Waals surface area contributed by atoms with Crippen molar-refractivity contribution in [3.05, 3.63) is 84.2 Å². The molecule has 1 aromatic heterocycles. The smallest absolute Gasteiger partial charge is 0.244 e. The summed E-state index contributed by atoms with van der Waals surface area (Å²) >= 11 is 0. The molecule has 0 spiro atoms. The van der Waals surface area contributed by atoms with E-state index in [2.05, 4.69) is 4.57 Å². The largest absolute Gasteiger partial charge is 0.497 e. The minimum Gasteiger partial charge on any atom is -0.497 e. The van der Waals surface area contributed by atoms with Gasteiger partial charge in [0.25, 0.3) is 0 Å². The number of nitrogens with zero attached hydrogens (tertiary/aromatic N) is 2. The number of sulfonamides is 1. The Hall–Kier alpha value is -2.57. The Kier molecular flexibility index (Phi) is 4.30. The van der Waals surface area contributed by atoms with Gasteiger partial charge in [-0.1, -0.05) is 30.3 Å². The number of fused-ring (bicyclic) bond motifs is 1. The van der Waals surface area contributed by atoms with Crippen LogP contribution in [0.1, 0.15) is 17.3 Å². The Bertz CT molecular complexity index is 995. The molecule has 134 valence electrons. The first-order chi connectivity index (χ1) is 12.6. The predicted octanol–water partition coefficient (Wildman–Crippen LogP) is 3.29. The molecule has 0 amide bonds. The first kappa shape index (κ1) is 16.9. The van der Waals surface area contributed by atoms with E-state index in [1.54, 1.807) is 35.7 Å². The zero-order chi connectivity index (χ0) is 18.1. The molecule has 0 aliphatic carbocycles. The summed E-state index contributed by atoms with van der Waals surface area (Å²) in [5.74, 6) is 0.635. The maximum atomic E-state index is 13.4. The van der Waals surface area contributed by atoms with Gasteiger partial charge in [0.2, 0.25) is 10.0 Å². The van der Waals surface area contributed by atoms with Crippen LogP contribution >= 0.6 is 0 Å². The molecule has 6 heteroatoms. The van der Waals surface area contributed by atoms with Crippen LogP contribution in [0.2, 0.25) is 0 Å². The van der Waals surface area contributed by atoms with Gasteiger partial charge in [-0.05, 0) is 42.0 Å². The number of benzene rings is 2. The molecule has 1 atom stereocenters. The minimum absolute atomic E-state index is 0.277. The number of hydrogen-bond acceptors (Lipinski definition) is 3. The van der Waals surface area contributed by atoms with Crippen molar-refractivity contribution >= 4 is 10.0 Å². The highest BCUT2D eigenvalue weighted by molar-refractivity contribution is 7.89. The topological polar surface area (TPSA) is 51.5 Å². The fourth-order valence-corrected chi connectivity index (χ4v) is 5.06. The van der Waals surface area contributed by atoms with E-state index in [-0.39, 0.29) is 10.9 Å². The van der Waals surface area contributed by atoms with Crippen LogP contribution in [-0.4, -0.2) is 30.9 Å². The molecule has 2 aromatic carbocycles. The van der Waals surface area contributed by atoms with E-state index in [4.69, 9.17) is 4.74 Å². The number of aromatic nitrogens is 1. The highest BCUT2D eigenvalue weighted by Gasteiger charge is 2.37. The number of rotatable bonds is 4. The summed E-state index contributed by atoms with van der Waals surface area (Å²) in [6.45, 7) is 1.07. The van der Waals surface area contributed by atoms with Gasteiger partial charge in [0, 0.05) is 25.0 Å². The van der Waals surface area contributed by atoms with Crippen molar-refractivity contribution < 1.29 is 13.2 Å². The number of methoxy groups -OCH3 is 1. The van der Waals surface area contributed by atoms with E-state index in [0.29, 0.717) is 18.8 Å². The molecule has 4 rings (SSSR count). The number of ether oxygens (including phenoxy) is 1. The molecular formula is C20H20N2O3S. The Labute approximate surface area is 153 Å². The van der Waals surface area contributed by atoms with Crippen LogP contribution in [0, 0.1) is 0 Å². The monoisotopic (exact) mass is 368 g/mol. The Morgan fingerprint density at radius 3 is 2.35 bits per heavy atom. The maximum absolute atomic E-state index is 13.4. The van der Waals surface area contributed by atoms with Gasteiger partial charge >= 0.3 is 0 Å². The summed E-state index contributed by atoms with van der Waals surface area (Å²) in [6.07, 6.45) is 2.00. The highest BCUT2D eigenvalue weighted by Crippen LogP contribution is 2.36. The summed E-state index contributed by atoms with van der Waals surface area (Å²) in [7, 11) is -2.08. The van der Waals surface area contributed by atoms with Gasteiger partial charge in [-0.15, -0.1) is 0 Å². The third-order valence-corrected chi connectivity index (χ3v) is 6.65. The lowest BCUT2D eigenvalue weighted by Gasteiger charge is -2.36. The van der Waals surface area contributed by atoms with Crippen LogP contribution in [-0.2, 0) is 16.6 Å². The maximum Gasteiger partial charge on any atom is 0.244 e. The Morgan fingerprint density at radius 1 is 0.923 bits per heavy atom. The van der Waals surface area contributed by atoms with Crippen molar-refractivity contribution in [3.8, 4) is 5.75 Å². The molecule has 1 aliphatic rings. The third kappa shape index (κ3) is 2.81. The summed E-state index contributed by atoms with van der Waals surface area (Å²) in [4.78, 5) is 0.277. The second-order valence-electron chi connectivity index (χ2n) is 6.23. The predicted molar refractivity (Wildman–Crippen MR) is 99.6 cm³/mol. The highest BCUT2D eigenvalue weighted by atomic mass is 32.2. The molecule has 0 saturated heterocycles. The van der Waals surface area contributed by atoms with Crippen LogP contribution < -0.4 is 4.74 Å². The lowest BCUT2D eigenvalue weighted by atomic mass is 10.0. The van der Waals surface area contributed by atoms with E-state index in [9.17, 15) is 8.42 Å². The van der Waals surface area contributed by atoms with Crippen molar-refractivity contribution in [2.45, 2.75) is 17.5 Å². The van der Waals surface area contributed by atoms with Crippen molar-refractivity contribution in [1.29, 1.82) is 0 Å². The van der Waals surface area contributed by atoms with Gasteiger partial charge in [-0.3, -0.25) is 0 Å². The molecule has 1 aliphatic heterocycles. The molecule has 0 fully saturated rings. The normalized spacial score (nSPS) is 17.7. The van der Waals surface area contributed by atoms with Crippen LogP contribution in [0.4, 0.5) is 0 Å². The molecule has 26 heavy (non-hydrogen) atoms. The zero-order valence-electron chi connectivity index (χ0n) is 14.4. The average Bonchev–Trinajstić information content (AvgIpc) is 3.16. The number of hydrogen-bond donors (Lipinski definition) is 0. The van der Waals surface area contributed by atoms with E-state index >= 15 is 0 Å². The van der Waals surface area contributed by atoms with Crippen LogP contribution in [0.25, 0.3) is 0 Å². The van der Waals surface area contributed by atoms with Gasteiger partial charge < -0.3 is 9.30 Å². The minimum atomic E-state index is -3.64. The summed E-state index contributed by atoms with van der Waals surface area (Å²) in [5, 5.41) is 0. The molecule has 0 bridgehead atoms. The van der Waals surface area contributed by atoms with Gasteiger partial charge in [0.05, 0.1) is 18.0 Å². The van der Waals surface area contributed by atoms with Crippen molar-refractivity contribution in [1.82, 2.24) is 8.87 Å². The summed E-state index contributed by atoms with van der Waals surface area (Å²) in [5.41, 5.74) is 1.95. The molecule has 0 unspecified atom stereocenters. The first-order valence-electron chi connectivity index (χ1n) is 8.47. The molecule has 2 heterocycles. The second-order valence-corrected chi connectivity index (χ2v) is 8.12. The van der Waals surface area contributed by atoms with Crippen molar-refractivity contribution in [3.63, 3.8) is 0 Å². The summed E-state index contributed by atoms with van der Waals surface area (Å²) < 4.78 is 35.6. The lowest BCUT2D eigenvalue weighted by molar-refractivity contribution is 0.298. The standard InChI is InChI=1S/C20H20N2O3S/c1-25-17-9-11-18(12-10-17)26(23,24)22-15-14-21-13-5-8-19(21)20(22)16-6-3-2-4-7-16/h2-13,20H,14-15H2,1H3/t20-/m0/s1. The SMILES string of the molecule is COc1ccc(S(=O)(=O)N2CCn3cccc3[C@@H]2c2ccccc2)cc1. The molecule has 0 N–H and O–H groups in total. The average molecular weight is 368 g/mol. The fraction of sp³-hybridized carbons (Fsp3) is 0.200. The van der Waals surface area contributed by atoms with Gasteiger partial charge in [-0.2, -0.15) is 4.31 Å². The van der Waals surface area contributed by atoms with Crippen LogP contribution in [0.15, 0.2) is 77.8 Å². The fourth-order valence-electron chi connectivity index (χ4n) is 3.48. The van der Waals surface area contributed by atoms with Crippen molar-refractivity contribution in [2.24, 2.45) is 0 Å². The van der Waals surface area contributed by atoms with Gasteiger partial charge in [0.15, 0.2) is 0 Å². The lowest BCUT2D eigenvalue weighted by Crippen LogP contribution is -2.42. The second kappa shape index (κ2) is 6.63. The molecule has 3 aromatic rings. The third-order valence-electron chi connectivity index (χ3n) is 4.78. The van der Waals surface area contributed by atoms with E-state index in [1.807, 2.05) is 48.7 Å². The molecule has 0 saturated carbocycles. The Balaban J connectivity index is 1.81. The first-order valence-corrected chi connectivity index (χ1v) is 9.91. The zero-order valence-corrected chi connectivity index (χ0v) is 15.3. The summed E-state index contributed by atoms with van der Waals surface area (Å²) in [6, 6.07) is 19.9. The van der Waals surface area contributed by atoms with E-state index in [1.165, 1.54) is 0 Å². The van der Waals surface area contributed by atoms with E-state index in [0.717, 1.165) is 11.3 Å². The molecule has 5 nitrogen and oxygen atoms in total. The van der Waals surface area contributed by atoms with Crippen molar-refractivity contribution in [2.75, 3.05) is 13.7 Å². The van der Waals surface area contributed by atoms with Gasteiger partial charge in [-0.25, -0.2) is 8.42 Å². The molecular weight excluding hydrogens is 348 g/mol. The quantitative estimate of drug-likeness (QED) is 0.710. The van der Waals surface area contributed by atoms with Crippen LogP contribution in [0.5, 0.6) is 5.75 Å². The Morgan fingerprint density at radius 2 is 1.65 bits per heavy atom. The van der Waals surface area contributed by atoms with E-state index < -0.39 is 10.0 Å².